The van der Waals surface area contributed by atoms with E-state index < -0.39 is 0 Å². The summed E-state index contributed by atoms with van der Waals surface area (Å²) in [6.07, 6.45) is 5.29. The molecule has 0 unspecified atom stereocenters. The third-order valence-corrected chi connectivity index (χ3v) is 4.55. The number of para-hydroxylation sites is 1. The van der Waals surface area contributed by atoms with Gasteiger partial charge in [0.25, 0.3) is 5.91 Å². The molecule has 0 spiro atoms. The van der Waals surface area contributed by atoms with E-state index in [2.05, 4.69) is 20.4 Å². The molecule has 0 N–H and O–H groups in total. The average Bonchev–Trinajstić information content (AvgIpc) is 3.38. The molecule has 1 saturated heterocycles. The first-order valence-corrected chi connectivity index (χ1v) is 8.95. The van der Waals surface area contributed by atoms with Crippen LogP contribution in [-0.2, 0) is 11.3 Å². The minimum Gasteiger partial charge on any atom is -0.484 e. The number of likely N-dealkylation sites (tertiary alicyclic amines) is 1. The van der Waals surface area contributed by atoms with Gasteiger partial charge in [0.1, 0.15) is 5.75 Å². The smallest absolute Gasteiger partial charge is 0.260 e. The maximum absolute atomic E-state index is 12.6. The number of ether oxygens (including phenoxy) is 1. The van der Waals surface area contributed by atoms with Gasteiger partial charge in [-0.3, -0.25) is 9.78 Å². The molecule has 4 rings (SSSR count). The van der Waals surface area contributed by atoms with Crippen molar-refractivity contribution in [3.05, 3.63) is 54.9 Å². The molecule has 1 aliphatic rings. The second kappa shape index (κ2) is 7.94. The SMILES string of the molecule is O=C(COc1ccccc1)N1CCC[C@@H]1Cn1nnc(-c2cccnc2)n1. The van der Waals surface area contributed by atoms with E-state index in [-0.39, 0.29) is 18.6 Å². The number of amides is 1. The van der Waals surface area contributed by atoms with Crippen LogP contribution >= 0.6 is 0 Å². The predicted octanol–water partition coefficient (Wildman–Crippen LogP) is 1.81. The zero-order valence-electron chi connectivity index (χ0n) is 14.8. The first-order valence-electron chi connectivity index (χ1n) is 8.95. The first kappa shape index (κ1) is 17.1. The Morgan fingerprint density at radius 3 is 2.89 bits per heavy atom. The van der Waals surface area contributed by atoms with Crippen molar-refractivity contribution < 1.29 is 9.53 Å². The van der Waals surface area contributed by atoms with Gasteiger partial charge in [0.05, 0.1) is 12.6 Å². The van der Waals surface area contributed by atoms with Crippen LogP contribution in [0.2, 0.25) is 0 Å². The summed E-state index contributed by atoms with van der Waals surface area (Å²) in [6, 6.07) is 13.1. The van der Waals surface area contributed by atoms with E-state index in [0.29, 0.717) is 18.1 Å². The van der Waals surface area contributed by atoms with Gasteiger partial charge >= 0.3 is 0 Å². The summed E-state index contributed by atoms with van der Waals surface area (Å²) in [7, 11) is 0. The summed E-state index contributed by atoms with van der Waals surface area (Å²) in [6.45, 7) is 1.28. The van der Waals surface area contributed by atoms with Crippen molar-refractivity contribution >= 4 is 5.91 Å². The fourth-order valence-electron chi connectivity index (χ4n) is 3.22. The maximum atomic E-state index is 12.6. The molecule has 1 fully saturated rings. The molecular weight excluding hydrogens is 344 g/mol. The van der Waals surface area contributed by atoms with Crippen LogP contribution in [0.5, 0.6) is 5.75 Å². The molecule has 3 heterocycles. The Morgan fingerprint density at radius 2 is 2.07 bits per heavy atom. The molecule has 1 atom stereocenters. The van der Waals surface area contributed by atoms with Gasteiger partial charge in [0.15, 0.2) is 6.61 Å². The molecule has 27 heavy (non-hydrogen) atoms. The Hall–Kier alpha value is -3.29. The molecule has 1 aromatic carbocycles. The molecule has 8 heteroatoms. The highest BCUT2D eigenvalue weighted by Crippen LogP contribution is 2.20. The molecule has 138 valence electrons. The molecule has 3 aromatic rings. The van der Waals surface area contributed by atoms with Crippen molar-refractivity contribution in [3.63, 3.8) is 0 Å². The van der Waals surface area contributed by atoms with Crippen molar-refractivity contribution in [2.75, 3.05) is 13.2 Å². The van der Waals surface area contributed by atoms with Gasteiger partial charge in [0, 0.05) is 24.5 Å². The van der Waals surface area contributed by atoms with Crippen molar-refractivity contribution in [3.8, 4) is 17.1 Å². The van der Waals surface area contributed by atoms with E-state index in [1.165, 1.54) is 0 Å². The van der Waals surface area contributed by atoms with Gasteiger partial charge in [-0.15, -0.1) is 10.2 Å². The van der Waals surface area contributed by atoms with Crippen molar-refractivity contribution in [1.82, 2.24) is 30.1 Å². The number of nitrogens with zero attached hydrogens (tertiary/aromatic N) is 6. The van der Waals surface area contributed by atoms with Crippen LogP contribution in [0.1, 0.15) is 12.8 Å². The standard InChI is InChI=1S/C19H20N6O2/c26-18(14-27-17-8-2-1-3-9-17)24-11-5-7-16(24)13-25-22-19(21-23-25)15-6-4-10-20-12-15/h1-4,6,8-10,12,16H,5,7,11,13-14H2/t16-/m1/s1. The van der Waals surface area contributed by atoms with Crippen LogP contribution in [0.15, 0.2) is 54.9 Å². The van der Waals surface area contributed by atoms with Crippen LogP contribution in [0, 0.1) is 0 Å². The lowest BCUT2D eigenvalue weighted by Gasteiger charge is -2.24. The second-order valence-electron chi connectivity index (χ2n) is 6.39. The Balaban J connectivity index is 1.37. The monoisotopic (exact) mass is 364 g/mol. The van der Waals surface area contributed by atoms with Crippen molar-refractivity contribution in [1.29, 1.82) is 0 Å². The zero-order chi connectivity index (χ0) is 18.5. The number of rotatable bonds is 6. The van der Waals surface area contributed by atoms with Crippen LogP contribution < -0.4 is 4.74 Å². The highest BCUT2D eigenvalue weighted by Gasteiger charge is 2.30. The average molecular weight is 364 g/mol. The molecule has 1 aliphatic heterocycles. The normalized spacial score (nSPS) is 16.4. The lowest BCUT2D eigenvalue weighted by atomic mass is 10.2. The molecule has 8 nitrogen and oxygen atoms in total. The minimum atomic E-state index is -0.0195. The fraction of sp³-hybridized carbons (Fsp3) is 0.316. The Bertz CT molecular complexity index is 883. The van der Waals surface area contributed by atoms with Crippen LogP contribution in [-0.4, -0.2) is 55.2 Å². The zero-order valence-corrected chi connectivity index (χ0v) is 14.8. The Morgan fingerprint density at radius 1 is 1.19 bits per heavy atom. The molecule has 1 amide bonds. The summed E-state index contributed by atoms with van der Waals surface area (Å²) in [4.78, 5) is 20.1. The number of hydrogen-bond donors (Lipinski definition) is 0. The van der Waals surface area contributed by atoms with Crippen LogP contribution in [0.3, 0.4) is 0 Å². The Labute approximate surface area is 156 Å². The molecule has 0 aliphatic carbocycles. The van der Waals surface area contributed by atoms with Crippen molar-refractivity contribution in [2.45, 2.75) is 25.4 Å². The maximum Gasteiger partial charge on any atom is 0.260 e. The lowest BCUT2D eigenvalue weighted by Crippen LogP contribution is -2.41. The van der Waals surface area contributed by atoms with E-state index in [0.717, 1.165) is 24.9 Å². The highest BCUT2D eigenvalue weighted by molar-refractivity contribution is 5.78. The molecule has 2 aromatic heterocycles. The fourth-order valence-corrected chi connectivity index (χ4v) is 3.22. The van der Waals surface area contributed by atoms with Gasteiger partial charge in [-0.05, 0) is 42.3 Å². The quantitative estimate of drug-likeness (QED) is 0.663. The first-order chi connectivity index (χ1) is 13.3. The van der Waals surface area contributed by atoms with E-state index in [1.807, 2.05) is 47.4 Å². The third-order valence-electron chi connectivity index (χ3n) is 4.55. The third kappa shape index (κ3) is 4.11. The number of hydrogen-bond acceptors (Lipinski definition) is 6. The summed E-state index contributed by atoms with van der Waals surface area (Å²) >= 11 is 0. The van der Waals surface area contributed by atoms with Gasteiger partial charge in [-0.25, -0.2) is 0 Å². The number of carbonyl (C=O) groups excluding carboxylic acids is 1. The van der Waals surface area contributed by atoms with Gasteiger partial charge in [0.2, 0.25) is 5.82 Å². The minimum absolute atomic E-state index is 0.0195. The molecule has 0 bridgehead atoms. The van der Waals surface area contributed by atoms with Crippen LogP contribution in [0.25, 0.3) is 11.4 Å². The van der Waals surface area contributed by atoms with E-state index in [4.69, 9.17) is 4.74 Å². The number of benzene rings is 1. The van der Waals surface area contributed by atoms with Crippen molar-refractivity contribution in [2.24, 2.45) is 0 Å². The summed E-state index contributed by atoms with van der Waals surface area (Å²) < 4.78 is 5.59. The summed E-state index contributed by atoms with van der Waals surface area (Å²) in [5.41, 5.74) is 0.819. The second-order valence-corrected chi connectivity index (χ2v) is 6.39. The van der Waals surface area contributed by atoms with E-state index in [1.54, 1.807) is 17.2 Å². The number of tetrazole rings is 1. The largest absolute Gasteiger partial charge is 0.484 e. The topological polar surface area (TPSA) is 86.0 Å². The van der Waals surface area contributed by atoms with Gasteiger partial charge in [-0.2, -0.15) is 4.80 Å². The number of pyridine rings is 1. The lowest BCUT2D eigenvalue weighted by molar-refractivity contribution is -0.134. The molecular formula is C19H20N6O2. The Kier molecular flexibility index (Phi) is 5.04. The predicted molar refractivity (Wildman–Crippen MR) is 97.7 cm³/mol. The van der Waals surface area contributed by atoms with Crippen LogP contribution in [0.4, 0.5) is 0 Å². The molecule has 0 saturated carbocycles. The summed E-state index contributed by atoms with van der Waals surface area (Å²) in [5.74, 6) is 1.21. The van der Waals surface area contributed by atoms with E-state index in [9.17, 15) is 4.79 Å². The molecule has 0 radical (unpaired) electrons. The number of aromatic nitrogens is 5. The number of carbonyl (C=O) groups is 1. The summed E-state index contributed by atoms with van der Waals surface area (Å²) in [5, 5.41) is 12.6. The van der Waals surface area contributed by atoms with Gasteiger partial charge in [-0.1, -0.05) is 18.2 Å². The van der Waals surface area contributed by atoms with E-state index >= 15 is 0 Å². The highest BCUT2D eigenvalue weighted by atomic mass is 16.5. The van der Waals surface area contributed by atoms with Gasteiger partial charge < -0.3 is 9.64 Å².